The quantitative estimate of drug-likeness (QED) is 0.811. The third-order valence-electron chi connectivity index (χ3n) is 1.44. The zero-order valence-corrected chi connectivity index (χ0v) is 7.75. The summed E-state index contributed by atoms with van der Waals surface area (Å²) in [6.45, 7) is -1.04. The molecular formula is C7H7FO5S. The predicted octanol–water partition coefficient (Wildman–Crippen LogP) is 0.721. The minimum absolute atomic E-state index is 0.484. The van der Waals surface area contributed by atoms with Crippen LogP contribution in [0.2, 0.25) is 0 Å². The molecule has 0 aliphatic carbocycles. The van der Waals surface area contributed by atoms with E-state index < -0.39 is 39.1 Å². The first-order chi connectivity index (χ1) is 6.47. The van der Waals surface area contributed by atoms with Gasteiger partial charge in [-0.25, -0.2) is 17.6 Å². The summed E-state index contributed by atoms with van der Waals surface area (Å²) in [5.41, 5.74) is 0. The van der Waals surface area contributed by atoms with Crippen LogP contribution < -0.4 is 0 Å². The highest BCUT2D eigenvalue weighted by atomic mass is 32.2. The second kappa shape index (κ2) is 3.79. The van der Waals surface area contributed by atoms with Crippen LogP contribution in [-0.4, -0.2) is 31.9 Å². The van der Waals surface area contributed by atoms with Gasteiger partial charge in [0.25, 0.3) is 0 Å². The average Bonchev–Trinajstić information content (AvgIpc) is 2.51. The van der Waals surface area contributed by atoms with Gasteiger partial charge in [-0.1, -0.05) is 0 Å². The molecular weight excluding hydrogens is 215 g/mol. The van der Waals surface area contributed by atoms with Crippen molar-refractivity contribution in [1.82, 2.24) is 0 Å². The summed E-state index contributed by atoms with van der Waals surface area (Å²) >= 11 is 0. The number of sulfone groups is 1. The number of hydrogen-bond acceptors (Lipinski definition) is 4. The van der Waals surface area contributed by atoms with Crippen LogP contribution in [0.1, 0.15) is 10.6 Å². The molecule has 0 amide bonds. The number of carboxylic acids is 1. The molecule has 1 N–H and O–H groups in total. The second-order valence-electron chi connectivity index (χ2n) is 2.43. The van der Waals surface area contributed by atoms with Crippen molar-refractivity contribution in [2.24, 2.45) is 0 Å². The molecule has 0 saturated heterocycles. The van der Waals surface area contributed by atoms with Gasteiger partial charge in [0.2, 0.25) is 20.7 Å². The molecule has 0 aliphatic rings. The summed E-state index contributed by atoms with van der Waals surface area (Å²) < 4.78 is 38.6. The van der Waals surface area contributed by atoms with Gasteiger partial charge in [-0.15, -0.1) is 0 Å². The van der Waals surface area contributed by atoms with Crippen LogP contribution in [0.5, 0.6) is 0 Å². The molecule has 0 spiro atoms. The van der Waals surface area contributed by atoms with E-state index in [9.17, 15) is 17.6 Å². The number of furan rings is 1. The molecule has 0 unspecified atom stereocenters. The smallest absolute Gasteiger partial charge is 0.371 e. The van der Waals surface area contributed by atoms with Gasteiger partial charge in [0.05, 0.1) is 5.75 Å². The van der Waals surface area contributed by atoms with E-state index in [2.05, 4.69) is 4.42 Å². The van der Waals surface area contributed by atoms with Gasteiger partial charge in [0.1, 0.15) is 6.67 Å². The summed E-state index contributed by atoms with van der Waals surface area (Å²) in [5.74, 6) is -2.56. The van der Waals surface area contributed by atoms with Gasteiger partial charge in [0.15, 0.2) is 0 Å². The molecule has 1 rings (SSSR count). The molecule has 0 atom stereocenters. The fourth-order valence-corrected chi connectivity index (χ4v) is 1.70. The second-order valence-corrected chi connectivity index (χ2v) is 4.47. The largest absolute Gasteiger partial charge is 0.475 e. The Bertz CT molecular complexity index is 433. The zero-order chi connectivity index (χ0) is 10.8. The highest BCUT2D eigenvalue weighted by molar-refractivity contribution is 7.91. The Kier molecular flexibility index (Phi) is 2.90. The standard InChI is InChI=1S/C7H7FO5S/c8-3-4-14(11,12)6-2-1-5(13-6)7(9)10/h1-2H,3-4H2,(H,9,10). The maximum Gasteiger partial charge on any atom is 0.371 e. The van der Waals surface area contributed by atoms with Gasteiger partial charge in [-0.05, 0) is 12.1 Å². The average molecular weight is 222 g/mol. The zero-order valence-electron chi connectivity index (χ0n) is 6.94. The van der Waals surface area contributed by atoms with Crippen molar-refractivity contribution in [3.05, 3.63) is 17.9 Å². The fourth-order valence-electron chi connectivity index (χ4n) is 0.804. The third kappa shape index (κ3) is 2.11. The monoisotopic (exact) mass is 222 g/mol. The number of rotatable bonds is 4. The van der Waals surface area contributed by atoms with Gasteiger partial charge >= 0.3 is 5.97 Å². The summed E-state index contributed by atoms with van der Waals surface area (Å²) in [6.07, 6.45) is 0. The Morgan fingerprint density at radius 3 is 2.57 bits per heavy atom. The molecule has 14 heavy (non-hydrogen) atoms. The molecule has 1 aromatic rings. The summed E-state index contributed by atoms with van der Waals surface area (Å²) in [6, 6.07) is 2.00. The fraction of sp³-hybridized carbons (Fsp3) is 0.286. The Balaban J connectivity index is 3.03. The van der Waals surface area contributed by atoms with E-state index in [0.717, 1.165) is 12.1 Å². The molecule has 0 bridgehead atoms. The maximum atomic E-state index is 11.8. The van der Waals surface area contributed by atoms with E-state index >= 15 is 0 Å². The number of hydrogen-bond donors (Lipinski definition) is 1. The molecule has 0 aliphatic heterocycles. The topological polar surface area (TPSA) is 84.6 Å². The van der Waals surface area contributed by atoms with Crippen LogP contribution >= 0.6 is 0 Å². The number of carbonyl (C=O) groups is 1. The first kappa shape index (κ1) is 10.7. The van der Waals surface area contributed by atoms with Crippen molar-refractivity contribution in [2.75, 3.05) is 12.4 Å². The van der Waals surface area contributed by atoms with Crippen molar-refractivity contribution >= 4 is 15.8 Å². The van der Waals surface area contributed by atoms with E-state index in [4.69, 9.17) is 5.11 Å². The molecule has 78 valence electrons. The number of halogens is 1. The molecule has 0 aromatic carbocycles. The Labute approximate surface area is 79.1 Å². The lowest BCUT2D eigenvalue weighted by atomic mass is 10.5. The van der Waals surface area contributed by atoms with Crippen molar-refractivity contribution in [3.8, 4) is 0 Å². The van der Waals surface area contributed by atoms with E-state index in [1.54, 1.807) is 0 Å². The molecule has 1 heterocycles. The van der Waals surface area contributed by atoms with Gasteiger partial charge < -0.3 is 9.52 Å². The Morgan fingerprint density at radius 1 is 1.50 bits per heavy atom. The third-order valence-corrected chi connectivity index (χ3v) is 2.97. The lowest BCUT2D eigenvalue weighted by Gasteiger charge is -1.95. The minimum Gasteiger partial charge on any atom is -0.475 e. The lowest BCUT2D eigenvalue weighted by molar-refractivity contribution is 0.0656. The summed E-state index contributed by atoms with van der Waals surface area (Å²) in [5, 5.41) is 7.91. The lowest BCUT2D eigenvalue weighted by Crippen LogP contribution is -2.07. The van der Waals surface area contributed by atoms with Gasteiger partial charge in [-0.2, -0.15) is 0 Å². The van der Waals surface area contributed by atoms with E-state index in [1.807, 2.05) is 0 Å². The molecule has 1 aromatic heterocycles. The van der Waals surface area contributed by atoms with Crippen molar-refractivity contribution in [1.29, 1.82) is 0 Å². The molecule has 0 saturated carbocycles. The van der Waals surface area contributed by atoms with Crippen LogP contribution in [0.25, 0.3) is 0 Å². The van der Waals surface area contributed by atoms with Crippen LogP contribution in [0.15, 0.2) is 21.6 Å². The van der Waals surface area contributed by atoms with E-state index in [-0.39, 0.29) is 0 Å². The maximum absolute atomic E-state index is 11.8. The minimum atomic E-state index is -3.83. The summed E-state index contributed by atoms with van der Waals surface area (Å²) in [4.78, 5) is 10.3. The summed E-state index contributed by atoms with van der Waals surface area (Å²) in [7, 11) is -3.83. The molecule has 5 nitrogen and oxygen atoms in total. The van der Waals surface area contributed by atoms with Gasteiger partial charge in [0, 0.05) is 0 Å². The van der Waals surface area contributed by atoms with Crippen LogP contribution in [0.3, 0.4) is 0 Å². The van der Waals surface area contributed by atoms with Crippen LogP contribution in [0, 0.1) is 0 Å². The van der Waals surface area contributed by atoms with E-state index in [0.29, 0.717) is 0 Å². The predicted molar refractivity (Wildman–Crippen MR) is 43.7 cm³/mol. The number of aromatic carboxylic acids is 1. The van der Waals surface area contributed by atoms with Crippen molar-refractivity contribution < 1.29 is 27.1 Å². The number of carboxylic acid groups (broad SMARTS) is 1. The van der Waals surface area contributed by atoms with Crippen LogP contribution in [-0.2, 0) is 9.84 Å². The molecule has 0 radical (unpaired) electrons. The number of alkyl halides is 1. The van der Waals surface area contributed by atoms with Crippen molar-refractivity contribution in [2.45, 2.75) is 5.09 Å². The SMILES string of the molecule is O=C(O)c1ccc(S(=O)(=O)CCF)o1. The van der Waals surface area contributed by atoms with Crippen molar-refractivity contribution in [3.63, 3.8) is 0 Å². The Morgan fingerprint density at radius 2 is 2.14 bits per heavy atom. The van der Waals surface area contributed by atoms with E-state index in [1.165, 1.54) is 0 Å². The van der Waals surface area contributed by atoms with Crippen LogP contribution in [0.4, 0.5) is 4.39 Å². The Hall–Kier alpha value is -1.37. The first-order valence-corrected chi connectivity index (χ1v) is 5.24. The highest BCUT2D eigenvalue weighted by Crippen LogP contribution is 2.15. The normalized spacial score (nSPS) is 11.5. The molecule has 7 heteroatoms. The highest BCUT2D eigenvalue weighted by Gasteiger charge is 2.20. The molecule has 0 fully saturated rings. The van der Waals surface area contributed by atoms with Gasteiger partial charge in [-0.3, -0.25) is 0 Å². The first-order valence-electron chi connectivity index (χ1n) is 3.59.